The van der Waals surface area contributed by atoms with Gasteiger partial charge < -0.3 is 10.6 Å². The second kappa shape index (κ2) is 8.94. The first-order valence-electron chi connectivity index (χ1n) is 11.1. The maximum absolute atomic E-state index is 13.9. The Balaban J connectivity index is 1.31. The SMILES string of the molecule is Cc1ccc([C@H]2C[C@@H](C(F)(F)F)n3nc(C(=O)NCc4ccc(-n5cccn5)cc4)cc3N2)cc1. The number of rotatable bonds is 5. The second-order valence-corrected chi connectivity index (χ2v) is 8.56. The van der Waals surface area contributed by atoms with Crippen LogP contribution in [0.5, 0.6) is 0 Å². The highest BCUT2D eigenvalue weighted by atomic mass is 19.4. The third-order valence-electron chi connectivity index (χ3n) is 6.06. The lowest BCUT2D eigenvalue weighted by Crippen LogP contribution is -2.35. The molecule has 1 aliphatic rings. The molecule has 35 heavy (non-hydrogen) atoms. The molecule has 10 heteroatoms. The summed E-state index contributed by atoms with van der Waals surface area (Å²) in [6.45, 7) is 2.13. The van der Waals surface area contributed by atoms with E-state index in [2.05, 4.69) is 20.8 Å². The molecule has 2 N–H and O–H groups in total. The molecule has 2 aromatic carbocycles. The van der Waals surface area contributed by atoms with Crippen molar-refractivity contribution in [1.29, 1.82) is 0 Å². The Morgan fingerprint density at radius 2 is 1.89 bits per heavy atom. The van der Waals surface area contributed by atoms with Gasteiger partial charge in [0.15, 0.2) is 11.7 Å². The smallest absolute Gasteiger partial charge is 0.363 e. The fraction of sp³-hybridized carbons (Fsp3) is 0.240. The first-order valence-corrected chi connectivity index (χ1v) is 11.1. The minimum atomic E-state index is -4.50. The van der Waals surface area contributed by atoms with Crippen LogP contribution in [0.2, 0.25) is 0 Å². The molecule has 0 aliphatic carbocycles. The number of alkyl halides is 3. The van der Waals surface area contributed by atoms with E-state index in [0.717, 1.165) is 27.1 Å². The number of carbonyl (C=O) groups is 1. The van der Waals surface area contributed by atoms with Crippen molar-refractivity contribution in [1.82, 2.24) is 24.9 Å². The Bertz CT molecular complexity index is 1310. The predicted molar refractivity (Wildman–Crippen MR) is 124 cm³/mol. The van der Waals surface area contributed by atoms with Gasteiger partial charge >= 0.3 is 6.18 Å². The molecule has 0 bridgehead atoms. The maximum Gasteiger partial charge on any atom is 0.410 e. The van der Waals surface area contributed by atoms with Crippen LogP contribution in [0.25, 0.3) is 5.69 Å². The molecule has 2 aromatic heterocycles. The van der Waals surface area contributed by atoms with Crippen LogP contribution in [0.4, 0.5) is 19.0 Å². The fourth-order valence-electron chi connectivity index (χ4n) is 4.16. The van der Waals surface area contributed by atoms with Crippen LogP contribution in [0, 0.1) is 6.92 Å². The summed E-state index contributed by atoms with van der Waals surface area (Å²) in [5, 5.41) is 14.0. The molecule has 0 saturated heterocycles. The molecule has 2 atom stereocenters. The van der Waals surface area contributed by atoms with Crippen LogP contribution in [-0.4, -0.2) is 31.6 Å². The number of hydrogen-bond acceptors (Lipinski definition) is 4. The number of halogens is 3. The van der Waals surface area contributed by atoms with E-state index in [4.69, 9.17) is 0 Å². The summed E-state index contributed by atoms with van der Waals surface area (Å²) in [4.78, 5) is 12.7. The first-order chi connectivity index (χ1) is 16.8. The first kappa shape index (κ1) is 22.7. The largest absolute Gasteiger partial charge is 0.410 e. The molecule has 0 saturated carbocycles. The molecule has 5 rings (SSSR count). The Kier molecular flexibility index (Phi) is 5.80. The van der Waals surface area contributed by atoms with Crippen molar-refractivity contribution in [2.24, 2.45) is 0 Å². The van der Waals surface area contributed by atoms with Crippen molar-refractivity contribution in [3.05, 3.63) is 95.4 Å². The van der Waals surface area contributed by atoms with E-state index in [1.54, 1.807) is 10.9 Å². The minimum Gasteiger partial charge on any atom is -0.363 e. The predicted octanol–water partition coefficient (Wildman–Crippen LogP) is 4.97. The zero-order valence-corrected chi connectivity index (χ0v) is 18.8. The van der Waals surface area contributed by atoms with Crippen molar-refractivity contribution < 1.29 is 18.0 Å². The molecular formula is C25H23F3N6O. The quantitative estimate of drug-likeness (QED) is 0.423. The van der Waals surface area contributed by atoms with E-state index in [9.17, 15) is 18.0 Å². The maximum atomic E-state index is 13.9. The molecule has 4 aromatic rings. The highest BCUT2D eigenvalue weighted by Crippen LogP contribution is 2.43. The van der Waals surface area contributed by atoms with Crippen molar-refractivity contribution in [2.75, 3.05) is 5.32 Å². The van der Waals surface area contributed by atoms with Crippen LogP contribution in [0.15, 0.2) is 73.1 Å². The molecule has 0 fully saturated rings. The van der Waals surface area contributed by atoms with Gasteiger partial charge in [-0.1, -0.05) is 42.0 Å². The lowest BCUT2D eigenvalue weighted by atomic mass is 9.96. The third-order valence-corrected chi connectivity index (χ3v) is 6.06. The lowest BCUT2D eigenvalue weighted by Gasteiger charge is -2.33. The standard InChI is InChI=1S/C25H23F3N6O/c1-16-3-7-18(8-4-16)20-13-22(25(26,27)28)34-23(31-20)14-21(32-34)24(35)29-15-17-5-9-19(10-6-17)33-12-2-11-30-33/h2-12,14,20,22,31H,13,15H2,1H3,(H,29,35)/t20-,22+/m1/s1. The van der Waals surface area contributed by atoms with Crippen LogP contribution in [0.3, 0.4) is 0 Å². The van der Waals surface area contributed by atoms with Gasteiger partial charge in [0.25, 0.3) is 5.91 Å². The van der Waals surface area contributed by atoms with Crippen molar-refractivity contribution in [3.8, 4) is 5.69 Å². The van der Waals surface area contributed by atoms with Gasteiger partial charge in [0.2, 0.25) is 0 Å². The number of nitrogens with one attached hydrogen (secondary N) is 2. The number of amides is 1. The molecule has 180 valence electrons. The van der Waals surface area contributed by atoms with Crippen molar-refractivity contribution in [3.63, 3.8) is 0 Å². The lowest BCUT2D eigenvalue weighted by molar-refractivity contribution is -0.173. The van der Waals surface area contributed by atoms with Gasteiger partial charge in [-0.15, -0.1) is 0 Å². The monoisotopic (exact) mass is 480 g/mol. The van der Waals surface area contributed by atoms with Gasteiger partial charge in [0.1, 0.15) is 5.82 Å². The number of aryl methyl sites for hydroxylation is 1. The summed E-state index contributed by atoms with van der Waals surface area (Å²) in [5.41, 5.74) is 3.42. The zero-order valence-electron chi connectivity index (χ0n) is 18.8. The number of carbonyl (C=O) groups excluding carboxylic acids is 1. The number of benzene rings is 2. The van der Waals surface area contributed by atoms with Gasteiger partial charge in [-0.3, -0.25) is 4.79 Å². The van der Waals surface area contributed by atoms with E-state index in [1.165, 1.54) is 6.07 Å². The summed E-state index contributed by atoms with van der Waals surface area (Å²) in [7, 11) is 0. The topological polar surface area (TPSA) is 76.8 Å². The fourth-order valence-corrected chi connectivity index (χ4v) is 4.16. The number of hydrogen-bond donors (Lipinski definition) is 2. The van der Waals surface area contributed by atoms with E-state index >= 15 is 0 Å². The minimum absolute atomic E-state index is 0.0699. The van der Waals surface area contributed by atoms with E-state index in [-0.39, 0.29) is 24.5 Å². The summed E-state index contributed by atoms with van der Waals surface area (Å²) in [5.74, 6) is -0.379. The number of anilines is 1. The highest BCUT2D eigenvalue weighted by molar-refractivity contribution is 5.93. The van der Waals surface area contributed by atoms with Gasteiger partial charge in [-0.25, -0.2) is 9.36 Å². The summed E-state index contributed by atoms with van der Waals surface area (Å²) in [6, 6.07) is 15.6. The third kappa shape index (κ3) is 4.77. The van der Waals surface area contributed by atoms with E-state index in [0.29, 0.717) is 0 Å². The van der Waals surface area contributed by atoms with Crippen molar-refractivity contribution >= 4 is 11.7 Å². The normalized spacial score (nSPS) is 17.5. The van der Waals surface area contributed by atoms with Gasteiger partial charge in [-0.05, 0) is 36.2 Å². The molecule has 0 radical (unpaired) electrons. The van der Waals surface area contributed by atoms with Crippen LogP contribution in [-0.2, 0) is 6.54 Å². The van der Waals surface area contributed by atoms with Crippen LogP contribution >= 0.6 is 0 Å². The molecule has 3 heterocycles. The highest BCUT2D eigenvalue weighted by Gasteiger charge is 2.46. The van der Waals surface area contributed by atoms with Gasteiger partial charge in [0.05, 0.1) is 11.7 Å². The molecule has 1 amide bonds. The molecular weight excluding hydrogens is 457 g/mol. The number of nitrogens with zero attached hydrogens (tertiary/aromatic N) is 4. The van der Waals surface area contributed by atoms with Gasteiger partial charge in [-0.2, -0.15) is 23.4 Å². The van der Waals surface area contributed by atoms with Gasteiger partial charge in [0, 0.05) is 31.4 Å². The summed E-state index contributed by atoms with van der Waals surface area (Å²) in [6.07, 6.45) is -1.22. The van der Waals surface area contributed by atoms with Crippen LogP contribution < -0.4 is 10.6 Å². The number of aromatic nitrogens is 4. The number of fused-ring (bicyclic) bond motifs is 1. The average molecular weight is 480 g/mol. The van der Waals surface area contributed by atoms with E-state index < -0.39 is 24.2 Å². The average Bonchev–Trinajstić information content (AvgIpc) is 3.52. The van der Waals surface area contributed by atoms with E-state index in [1.807, 2.05) is 67.7 Å². The molecule has 1 aliphatic heterocycles. The Hall–Kier alpha value is -4.08. The summed E-state index contributed by atoms with van der Waals surface area (Å²) >= 11 is 0. The van der Waals surface area contributed by atoms with Crippen molar-refractivity contribution in [2.45, 2.75) is 38.1 Å². The molecule has 0 spiro atoms. The van der Waals surface area contributed by atoms with Crippen LogP contribution in [0.1, 0.15) is 45.7 Å². The Labute approximate surface area is 199 Å². The zero-order chi connectivity index (χ0) is 24.6. The molecule has 7 nitrogen and oxygen atoms in total. The molecule has 0 unspecified atom stereocenters. The Morgan fingerprint density at radius 3 is 2.54 bits per heavy atom. The summed E-state index contributed by atoms with van der Waals surface area (Å²) < 4.78 is 44.3. The Morgan fingerprint density at radius 1 is 1.14 bits per heavy atom. The second-order valence-electron chi connectivity index (χ2n) is 8.56.